The fourth-order valence-electron chi connectivity index (χ4n) is 1.58. The molecule has 0 bridgehead atoms. The normalized spacial score (nSPS) is 10.8. The molecule has 0 radical (unpaired) electrons. The van der Waals surface area contributed by atoms with E-state index < -0.39 is 5.91 Å². The first-order chi connectivity index (χ1) is 10.4. The highest BCUT2D eigenvalue weighted by molar-refractivity contribution is 6.06. The van der Waals surface area contributed by atoms with Gasteiger partial charge in [0.15, 0.2) is 0 Å². The Morgan fingerprint density at radius 1 is 1.18 bits per heavy atom. The van der Waals surface area contributed by atoms with Gasteiger partial charge in [-0.15, -0.1) is 0 Å². The van der Waals surface area contributed by atoms with Gasteiger partial charge in [0.2, 0.25) is 5.91 Å². The van der Waals surface area contributed by atoms with Crippen molar-refractivity contribution in [2.75, 3.05) is 17.2 Å². The largest absolute Gasteiger partial charge is 0.389 e. The van der Waals surface area contributed by atoms with E-state index in [9.17, 15) is 9.59 Å². The van der Waals surface area contributed by atoms with Crippen LogP contribution < -0.4 is 16.0 Å². The van der Waals surface area contributed by atoms with E-state index in [0.717, 1.165) is 0 Å². The molecule has 6 nitrogen and oxygen atoms in total. The number of nitrogens with one attached hydrogen (secondary N) is 3. The van der Waals surface area contributed by atoms with E-state index in [0.29, 0.717) is 23.8 Å². The lowest BCUT2D eigenvalue weighted by Gasteiger charge is -2.07. The van der Waals surface area contributed by atoms with E-state index in [1.807, 2.05) is 19.9 Å². The molecule has 0 spiro atoms. The van der Waals surface area contributed by atoms with Gasteiger partial charge in [-0.25, -0.2) is 0 Å². The van der Waals surface area contributed by atoms with Gasteiger partial charge >= 0.3 is 0 Å². The van der Waals surface area contributed by atoms with Gasteiger partial charge < -0.3 is 16.0 Å². The minimum Gasteiger partial charge on any atom is -0.389 e. The molecule has 2 amide bonds. The summed E-state index contributed by atoms with van der Waals surface area (Å²) in [5, 5.41) is 17.2. The minimum absolute atomic E-state index is 0.00610. The van der Waals surface area contributed by atoms with Crippen LogP contribution in [0, 0.1) is 17.2 Å². The zero-order chi connectivity index (χ0) is 16.5. The van der Waals surface area contributed by atoms with Gasteiger partial charge in [-0.3, -0.25) is 9.59 Å². The molecular weight excluding hydrogens is 280 g/mol. The first-order valence-electron chi connectivity index (χ1n) is 6.95. The van der Waals surface area contributed by atoms with Crippen LogP contribution in [0.15, 0.2) is 36.0 Å². The molecule has 0 atom stereocenters. The summed E-state index contributed by atoms with van der Waals surface area (Å²) < 4.78 is 0. The predicted octanol–water partition coefficient (Wildman–Crippen LogP) is 2.24. The van der Waals surface area contributed by atoms with Gasteiger partial charge in [-0.2, -0.15) is 5.26 Å². The second-order valence-electron chi connectivity index (χ2n) is 5.18. The third kappa shape index (κ3) is 6.09. The molecule has 0 saturated heterocycles. The molecule has 22 heavy (non-hydrogen) atoms. The molecule has 6 heteroatoms. The highest BCUT2D eigenvalue weighted by Gasteiger charge is 2.09. The van der Waals surface area contributed by atoms with Crippen LogP contribution in [0.3, 0.4) is 0 Å². The molecule has 1 aromatic carbocycles. The fraction of sp³-hybridized carbons (Fsp3) is 0.312. The summed E-state index contributed by atoms with van der Waals surface area (Å²) in [5.74, 6) is -0.227. The number of hydrogen-bond acceptors (Lipinski definition) is 4. The summed E-state index contributed by atoms with van der Waals surface area (Å²) >= 11 is 0. The maximum Gasteiger partial charge on any atom is 0.267 e. The van der Waals surface area contributed by atoms with Crippen LogP contribution in [0.4, 0.5) is 11.4 Å². The Kier molecular flexibility index (Phi) is 6.64. The Morgan fingerprint density at radius 3 is 2.18 bits per heavy atom. The fourth-order valence-corrected chi connectivity index (χ4v) is 1.58. The zero-order valence-electron chi connectivity index (χ0n) is 12.9. The van der Waals surface area contributed by atoms with Crippen LogP contribution in [0.25, 0.3) is 0 Å². The Bertz CT molecular complexity index is 598. The zero-order valence-corrected chi connectivity index (χ0v) is 12.9. The van der Waals surface area contributed by atoms with Gasteiger partial charge in [-0.1, -0.05) is 13.8 Å². The second kappa shape index (κ2) is 8.47. The van der Waals surface area contributed by atoms with Crippen molar-refractivity contribution in [2.24, 2.45) is 5.92 Å². The van der Waals surface area contributed by atoms with E-state index >= 15 is 0 Å². The SMILES string of the molecule is CC(=O)Nc1ccc(NC(=O)/C(C#N)=C\NCC(C)C)cc1. The van der Waals surface area contributed by atoms with E-state index in [2.05, 4.69) is 16.0 Å². The van der Waals surface area contributed by atoms with Crippen LogP contribution >= 0.6 is 0 Å². The van der Waals surface area contributed by atoms with E-state index in [4.69, 9.17) is 5.26 Å². The molecule has 0 aromatic heterocycles. The number of anilines is 2. The van der Waals surface area contributed by atoms with Crippen LogP contribution in [0.5, 0.6) is 0 Å². The van der Waals surface area contributed by atoms with Crippen LogP contribution in [-0.2, 0) is 9.59 Å². The summed E-state index contributed by atoms with van der Waals surface area (Å²) in [6.07, 6.45) is 1.42. The Hall–Kier alpha value is -2.81. The van der Waals surface area contributed by atoms with Crippen LogP contribution in [0.2, 0.25) is 0 Å². The number of nitriles is 1. The molecule has 0 aliphatic heterocycles. The van der Waals surface area contributed by atoms with Gasteiger partial charge in [0.05, 0.1) is 0 Å². The van der Waals surface area contributed by atoms with Crippen molar-refractivity contribution in [1.29, 1.82) is 5.26 Å². The molecular formula is C16H20N4O2. The number of carbonyl (C=O) groups excluding carboxylic acids is 2. The molecule has 1 aromatic rings. The Morgan fingerprint density at radius 2 is 1.73 bits per heavy atom. The molecule has 1 rings (SSSR count). The highest BCUT2D eigenvalue weighted by atomic mass is 16.2. The Labute approximate surface area is 130 Å². The van der Waals surface area contributed by atoms with E-state index in [1.54, 1.807) is 24.3 Å². The molecule has 116 valence electrons. The quantitative estimate of drug-likeness (QED) is 0.554. The topological polar surface area (TPSA) is 94.0 Å². The van der Waals surface area contributed by atoms with Crippen molar-refractivity contribution in [2.45, 2.75) is 20.8 Å². The maximum atomic E-state index is 12.0. The molecule has 0 aliphatic rings. The van der Waals surface area contributed by atoms with Gasteiger partial charge in [-0.05, 0) is 30.2 Å². The van der Waals surface area contributed by atoms with Crippen molar-refractivity contribution in [3.05, 3.63) is 36.0 Å². The average molecular weight is 300 g/mol. The number of nitrogens with zero attached hydrogens (tertiary/aromatic N) is 1. The number of carbonyl (C=O) groups is 2. The van der Waals surface area contributed by atoms with Crippen molar-refractivity contribution in [3.63, 3.8) is 0 Å². The predicted molar refractivity (Wildman–Crippen MR) is 85.9 cm³/mol. The van der Waals surface area contributed by atoms with Crippen LogP contribution in [0.1, 0.15) is 20.8 Å². The summed E-state index contributed by atoms with van der Waals surface area (Å²) in [4.78, 5) is 22.9. The first kappa shape index (κ1) is 17.2. The number of benzene rings is 1. The summed E-state index contributed by atoms with van der Waals surface area (Å²) in [6, 6.07) is 8.51. The van der Waals surface area contributed by atoms with Gasteiger partial charge in [0, 0.05) is 31.0 Å². The van der Waals surface area contributed by atoms with Gasteiger partial charge in [0.1, 0.15) is 11.6 Å². The number of amides is 2. The third-order valence-electron chi connectivity index (χ3n) is 2.60. The van der Waals surface area contributed by atoms with Crippen LogP contribution in [-0.4, -0.2) is 18.4 Å². The van der Waals surface area contributed by atoms with Gasteiger partial charge in [0.25, 0.3) is 5.91 Å². The summed E-state index contributed by atoms with van der Waals surface area (Å²) in [7, 11) is 0. The van der Waals surface area contributed by atoms with E-state index in [1.165, 1.54) is 13.1 Å². The molecule has 0 fully saturated rings. The summed E-state index contributed by atoms with van der Waals surface area (Å²) in [6.45, 7) is 6.17. The smallest absolute Gasteiger partial charge is 0.267 e. The van der Waals surface area contributed by atoms with Crippen molar-refractivity contribution in [1.82, 2.24) is 5.32 Å². The highest BCUT2D eigenvalue weighted by Crippen LogP contribution is 2.14. The van der Waals surface area contributed by atoms with E-state index in [-0.39, 0.29) is 11.5 Å². The van der Waals surface area contributed by atoms with Crippen molar-refractivity contribution >= 4 is 23.2 Å². The molecule has 0 unspecified atom stereocenters. The summed E-state index contributed by atoms with van der Waals surface area (Å²) in [5.41, 5.74) is 1.19. The monoisotopic (exact) mass is 300 g/mol. The number of rotatable bonds is 6. The Balaban J connectivity index is 2.66. The molecule has 0 aliphatic carbocycles. The lowest BCUT2D eigenvalue weighted by atomic mass is 10.2. The first-order valence-corrected chi connectivity index (χ1v) is 6.95. The third-order valence-corrected chi connectivity index (χ3v) is 2.60. The standard InChI is InChI=1S/C16H20N4O2/c1-11(2)9-18-10-13(8-17)16(22)20-15-6-4-14(5-7-15)19-12(3)21/h4-7,10-11,18H,9H2,1-3H3,(H,19,21)(H,20,22)/b13-10-. The molecule has 0 saturated carbocycles. The lowest BCUT2D eigenvalue weighted by Crippen LogP contribution is -2.19. The van der Waals surface area contributed by atoms with Crippen molar-refractivity contribution < 1.29 is 9.59 Å². The molecule has 0 heterocycles. The van der Waals surface area contributed by atoms with Crippen molar-refractivity contribution in [3.8, 4) is 6.07 Å². The average Bonchev–Trinajstić information content (AvgIpc) is 2.44. The lowest BCUT2D eigenvalue weighted by molar-refractivity contribution is -0.114. The molecule has 3 N–H and O–H groups in total. The minimum atomic E-state index is -0.481. The maximum absolute atomic E-state index is 12.0. The second-order valence-corrected chi connectivity index (χ2v) is 5.18. The number of hydrogen-bond donors (Lipinski definition) is 3.